The third kappa shape index (κ3) is 2.25. The predicted molar refractivity (Wildman–Crippen MR) is 56.5 cm³/mol. The van der Waals surface area contributed by atoms with Gasteiger partial charge in [0.2, 0.25) is 0 Å². The SMILES string of the molecule is COc1ccc(CNC2CNC2)cc1. The Balaban J connectivity index is 1.83. The Morgan fingerprint density at radius 1 is 1.36 bits per heavy atom. The molecule has 0 aliphatic carbocycles. The van der Waals surface area contributed by atoms with E-state index in [1.54, 1.807) is 7.11 Å². The first-order chi connectivity index (χ1) is 6.88. The van der Waals surface area contributed by atoms with Crippen molar-refractivity contribution >= 4 is 0 Å². The zero-order valence-corrected chi connectivity index (χ0v) is 8.42. The molecule has 1 aromatic carbocycles. The fraction of sp³-hybridized carbons (Fsp3) is 0.455. The van der Waals surface area contributed by atoms with Gasteiger partial charge in [-0.05, 0) is 17.7 Å². The number of rotatable bonds is 4. The standard InChI is InChI=1S/C11H16N2O/c1-14-11-4-2-9(3-5-11)6-13-10-7-12-8-10/h2-5,10,12-13H,6-8H2,1H3. The molecule has 0 radical (unpaired) electrons. The molecule has 76 valence electrons. The van der Waals surface area contributed by atoms with E-state index < -0.39 is 0 Å². The molecule has 0 atom stereocenters. The molecule has 1 aliphatic heterocycles. The molecule has 2 N–H and O–H groups in total. The lowest BCUT2D eigenvalue weighted by molar-refractivity contribution is 0.365. The third-order valence-corrected chi connectivity index (χ3v) is 2.54. The van der Waals surface area contributed by atoms with Gasteiger partial charge in [-0.3, -0.25) is 0 Å². The smallest absolute Gasteiger partial charge is 0.118 e. The molecule has 0 aromatic heterocycles. The van der Waals surface area contributed by atoms with Crippen LogP contribution in [0.25, 0.3) is 0 Å². The van der Waals surface area contributed by atoms with Crippen LogP contribution in [-0.2, 0) is 6.54 Å². The van der Waals surface area contributed by atoms with Crippen molar-refractivity contribution in [2.45, 2.75) is 12.6 Å². The van der Waals surface area contributed by atoms with Gasteiger partial charge in [-0.25, -0.2) is 0 Å². The van der Waals surface area contributed by atoms with Crippen molar-refractivity contribution in [3.63, 3.8) is 0 Å². The maximum Gasteiger partial charge on any atom is 0.118 e. The Hall–Kier alpha value is -1.06. The molecule has 0 unspecified atom stereocenters. The van der Waals surface area contributed by atoms with Crippen LogP contribution in [0.2, 0.25) is 0 Å². The minimum absolute atomic E-state index is 0.650. The van der Waals surface area contributed by atoms with Crippen molar-refractivity contribution in [3.8, 4) is 5.75 Å². The molecular formula is C11H16N2O. The molecule has 0 spiro atoms. The molecule has 1 saturated heterocycles. The van der Waals surface area contributed by atoms with Gasteiger partial charge in [0.15, 0.2) is 0 Å². The number of hydrogen-bond donors (Lipinski definition) is 2. The highest BCUT2D eigenvalue weighted by Gasteiger charge is 2.14. The highest BCUT2D eigenvalue weighted by atomic mass is 16.5. The predicted octanol–water partition coefficient (Wildman–Crippen LogP) is 0.757. The van der Waals surface area contributed by atoms with Gasteiger partial charge < -0.3 is 15.4 Å². The van der Waals surface area contributed by atoms with Gasteiger partial charge >= 0.3 is 0 Å². The monoisotopic (exact) mass is 192 g/mol. The summed E-state index contributed by atoms with van der Waals surface area (Å²) in [4.78, 5) is 0. The minimum atomic E-state index is 0.650. The maximum atomic E-state index is 5.10. The second kappa shape index (κ2) is 4.44. The number of nitrogens with one attached hydrogen (secondary N) is 2. The highest BCUT2D eigenvalue weighted by Crippen LogP contribution is 2.11. The van der Waals surface area contributed by atoms with Crippen LogP contribution in [0.15, 0.2) is 24.3 Å². The Morgan fingerprint density at radius 2 is 2.07 bits per heavy atom. The molecule has 1 aliphatic rings. The van der Waals surface area contributed by atoms with Gasteiger partial charge in [0.25, 0.3) is 0 Å². The molecule has 3 nitrogen and oxygen atoms in total. The van der Waals surface area contributed by atoms with Crippen LogP contribution in [0.1, 0.15) is 5.56 Å². The second-order valence-electron chi connectivity index (χ2n) is 3.58. The van der Waals surface area contributed by atoms with E-state index >= 15 is 0 Å². The number of hydrogen-bond acceptors (Lipinski definition) is 3. The van der Waals surface area contributed by atoms with Crippen LogP contribution in [0.3, 0.4) is 0 Å². The second-order valence-corrected chi connectivity index (χ2v) is 3.58. The summed E-state index contributed by atoms with van der Waals surface area (Å²) in [5.74, 6) is 0.916. The quantitative estimate of drug-likeness (QED) is 0.739. The summed E-state index contributed by atoms with van der Waals surface area (Å²) in [5, 5.41) is 6.70. The molecule has 0 saturated carbocycles. The lowest BCUT2D eigenvalue weighted by Crippen LogP contribution is -2.54. The van der Waals surface area contributed by atoms with Crippen LogP contribution in [0, 0.1) is 0 Å². The zero-order valence-electron chi connectivity index (χ0n) is 8.42. The van der Waals surface area contributed by atoms with Crippen molar-refractivity contribution in [2.24, 2.45) is 0 Å². The van der Waals surface area contributed by atoms with E-state index in [9.17, 15) is 0 Å². The van der Waals surface area contributed by atoms with Crippen molar-refractivity contribution in [3.05, 3.63) is 29.8 Å². The Labute approximate surface area is 84.5 Å². The summed E-state index contributed by atoms with van der Waals surface area (Å²) in [6, 6.07) is 8.83. The normalized spacial score (nSPS) is 16.4. The molecule has 2 rings (SSSR count). The summed E-state index contributed by atoms with van der Waals surface area (Å²) < 4.78 is 5.10. The summed E-state index contributed by atoms with van der Waals surface area (Å²) in [7, 11) is 1.69. The third-order valence-electron chi connectivity index (χ3n) is 2.54. The molecule has 1 fully saturated rings. The Morgan fingerprint density at radius 3 is 2.57 bits per heavy atom. The number of benzene rings is 1. The molecule has 0 amide bonds. The summed E-state index contributed by atoms with van der Waals surface area (Å²) in [6.07, 6.45) is 0. The fourth-order valence-electron chi connectivity index (χ4n) is 1.44. The van der Waals surface area contributed by atoms with Crippen molar-refractivity contribution in [1.29, 1.82) is 0 Å². The van der Waals surface area contributed by atoms with Gasteiger partial charge in [-0.2, -0.15) is 0 Å². The lowest BCUT2D eigenvalue weighted by Gasteiger charge is -2.28. The molecule has 3 heteroatoms. The van der Waals surface area contributed by atoms with E-state index in [4.69, 9.17) is 4.74 Å². The van der Waals surface area contributed by atoms with Gasteiger partial charge in [-0.1, -0.05) is 12.1 Å². The average Bonchev–Trinajstić information content (AvgIpc) is 2.16. The zero-order chi connectivity index (χ0) is 9.80. The first kappa shape index (κ1) is 9.49. The van der Waals surface area contributed by atoms with Crippen LogP contribution in [0.5, 0.6) is 5.75 Å². The summed E-state index contributed by atoms with van der Waals surface area (Å²) in [5.41, 5.74) is 1.30. The first-order valence-corrected chi connectivity index (χ1v) is 4.95. The highest BCUT2D eigenvalue weighted by molar-refractivity contribution is 5.27. The first-order valence-electron chi connectivity index (χ1n) is 4.95. The van der Waals surface area contributed by atoms with Crippen molar-refractivity contribution < 1.29 is 4.74 Å². The van der Waals surface area contributed by atoms with E-state index in [0.717, 1.165) is 25.4 Å². The molecule has 14 heavy (non-hydrogen) atoms. The molecule has 0 bridgehead atoms. The maximum absolute atomic E-state index is 5.10. The van der Waals surface area contributed by atoms with Gasteiger partial charge in [0.05, 0.1) is 7.11 Å². The van der Waals surface area contributed by atoms with Crippen molar-refractivity contribution in [1.82, 2.24) is 10.6 Å². The molecular weight excluding hydrogens is 176 g/mol. The Kier molecular flexibility index (Phi) is 3.01. The van der Waals surface area contributed by atoms with Gasteiger partial charge in [-0.15, -0.1) is 0 Å². The number of ether oxygens (including phenoxy) is 1. The van der Waals surface area contributed by atoms with Gasteiger partial charge in [0, 0.05) is 25.7 Å². The van der Waals surface area contributed by atoms with Crippen LogP contribution >= 0.6 is 0 Å². The lowest BCUT2D eigenvalue weighted by atomic mass is 10.1. The number of methoxy groups -OCH3 is 1. The molecule has 1 heterocycles. The van der Waals surface area contributed by atoms with Gasteiger partial charge in [0.1, 0.15) is 5.75 Å². The van der Waals surface area contributed by atoms with E-state index in [1.807, 2.05) is 12.1 Å². The van der Waals surface area contributed by atoms with Crippen molar-refractivity contribution in [2.75, 3.05) is 20.2 Å². The van der Waals surface area contributed by atoms with Crippen LogP contribution < -0.4 is 15.4 Å². The fourth-order valence-corrected chi connectivity index (χ4v) is 1.44. The van der Waals surface area contributed by atoms with Crippen LogP contribution in [-0.4, -0.2) is 26.2 Å². The topological polar surface area (TPSA) is 33.3 Å². The van der Waals surface area contributed by atoms with E-state index in [-0.39, 0.29) is 0 Å². The minimum Gasteiger partial charge on any atom is -0.497 e. The van der Waals surface area contributed by atoms with E-state index in [2.05, 4.69) is 22.8 Å². The van der Waals surface area contributed by atoms with Crippen LogP contribution in [0.4, 0.5) is 0 Å². The largest absolute Gasteiger partial charge is 0.497 e. The van der Waals surface area contributed by atoms with E-state index in [1.165, 1.54) is 5.56 Å². The molecule has 1 aromatic rings. The Bertz CT molecular complexity index is 280. The summed E-state index contributed by atoms with van der Waals surface area (Å²) in [6.45, 7) is 3.13. The van der Waals surface area contributed by atoms with E-state index in [0.29, 0.717) is 6.04 Å². The summed E-state index contributed by atoms with van der Waals surface area (Å²) >= 11 is 0. The average molecular weight is 192 g/mol.